The first-order chi connectivity index (χ1) is 9.33. The van der Waals surface area contributed by atoms with Crippen molar-refractivity contribution in [3.8, 4) is 0 Å². The maximum atomic E-state index is 6.38. The molecule has 110 valence electrons. The predicted molar refractivity (Wildman–Crippen MR) is 80.2 cm³/mol. The quantitative estimate of drug-likeness (QED) is 0.793. The Morgan fingerprint density at radius 1 is 0.842 bits per heavy atom. The molecule has 2 aliphatic heterocycles. The van der Waals surface area contributed by atoms with Crippen molar-refractivity contribution in [1.82, 2.24) is 9.80 Å². The Bertz CT molecular complexity index is 275. The van der Waals surface area contributed by atoms with Gasteiger partial charge in [0.25, 0.3) is 0 Å². The maximum Gasteiger partial charge on any atom is 0.0235 e. The van der Waals surface area contributed by atoms with Crippen LogP contribution < -0.4 is 5.73 Å². The second kappa shape index (κ2) is 6.55. The third-order valence-electron chi connectivity index (χ3n) is 5.62. The highest BCUT2D eigenvalue weighted by atomic mass is 15.3. The number of hydrogen-bond acceptors (Lipinski definition) is 3. The SMILES string of the molecule is NC1CCCCCC1CN1CCC(N2CCCC2)C1. The Balaban J connectivity index is 1.47. The average molecular weight is 265 g/mol. The molecule has 0 bridgehead atoms. The van der Waals surface area contributed by atoms with Crippen molar-refractivity contribution in [3.63, 3.8) is 0 Å². The van der Waals surface area contributed by atoms with Crippen LogP contribution in [-0.4, -0.2) is 54.6 Å². The lowest BCUT2D eigenvalue weighted by Crippen LogP contribution is -2.40. The molecular formula is C16H31N3. The Hall–Kier alpha value is -0.120. The zero-order valence-electron chi connectivity index (χ0n) is 12.4. The molecule has 0 amide bonds. The van der Waals surface area contributed by atoms with Gasteiger partial charge in [-0.1, -0.05) is 19.3 Å². The van der Waals surface area contributed by atoms with Crippen LogP contribution in [-0.2, 0) is 0 Å². The third-order valence-corrected chi connectivity index (χ3v) is 5.62. The van der Waals surface area contributed by atoms with Crippen molar-refractivity contribution in [2.45, 2.75) is 63.5 Å². The van der Waals surface area contributed by atoms with Crippen molar-refractivity contribution in [1.29, 1.82) is 0 Å². The van der Waals surface area contributed by atoms with Crippen LogP contribution in [0.2, 0.25) is 0 Å². The molecule has 3 heteroatoms. The summed E-state index contributed by atoms with van der Waals surface area (Å²) in [6.07, 6.45) is 11.0. The first-order valence-corrected chi connectivity index (χ1v) is 8.55. The summed E-state index contributed by atoms with van der Waals surface area (Å²) < 4.78 is 0. The fourth-order valence-corrected chi connectivity index (χ4v) is 4.35. The van der Waals surface area contributed by atoms with Crippen LogP contribution in [0.1, 0.15) is 51.4 Å². The van der Waals surface area contributed by atoms with Crippen LogP contribution in [0.15, 0.2) is 0 Å². The monoisotopic (exact) mass is 265 g/mol. The molecular weight excluding hydrogens is 234 g/mol. The van der Waals surface area contributed by atoms with E-state index in [1.165, 1.54) is 84.1 Å². The molecule has 3 unspecified atom stereocenters. The summed E-state index contributed by atoms with van der Waals surface area (Å²) in [5.74, 6) is 0.764. The van der Waals surface area contributed by atoms with Crippen molar-refractivity contribution < 1.29 is 0 Å². The Morgan fingerprint density at radius 3 is 2.47 bits per heavy atom. The third kappa shape index (κ3) is 3.50. The lowest BCUT2D eigenvalue weighted by Gasteiger charge is -2.28. The summed E-state index contributed by atoms with van der Waals surface area (Å²) >= 11 is 0. The van der Waals surface area contributed by atoms with E-state index in [1.807, 2.05) is 0 Å². The molecule has 0 aromatic rings. The van der Waals surface area contributed by atoms with E-state index in [1.54, 1.807) is 0 Å². The molecule has 2 saturated heterocycles. The van der Waals surface area contributed by atoms with E-state index in [-0.39, 0.29) is 0 Å². The first kappa shape index (κ1) is 13.8. The van der Waals surface area contributed by atoms with Crippen molar-refractivity contribution in [2.75, 3.05) is 32.7 Å². The van der Waals surface area contributed by atoms with E-state index in [4.69, 9.17) is 5.73 Å². The van der Waals surface area contributed by atoms with Crippen LogP contribution in [0.25, 0.3) is 0 Å². The Morgan fingerprint density at radius 2 is 1.63 bits per heavy atom. The van der Waals surface area contributed by atoms with E-state index < -0.39 is 0 Å². The summed E-state index contributed by atoms with van der Waals surface area (Å²) in [5, 5.41) is 0. The molecule has 2 N–H and O–H groups in total. The maximum absolute atomic E-state index is 6.38. The van der Waals surface area contributed by atoms with Gasteiger partial charge in [-0.2, -0.15) is 0 Å². The van der Waals surface area contributed by atoms with Crippen LogP contribution in [0, 0.1) is 5.92 Å². The zero-order chi connectivity index (χ0) is 13.1. The molecule has 0 radical (unpaired) electrons. The van der Waals surface area contributed by atoms with Gasteiger partial charge in [0, 0.05) is 25.2 Å². The van der Waals surface area contributed by atoms with Crippen LogP contribution in [0.4, 0.5) is 0 Å². The molecule has 1 aliphatic carbocycles. The number of rotatable bonds is 3. The summed E-state index contributed by atoms with van der Waals surface area (Å²) in [7, 11) is 0. The molecule has 3 fully saturated rings. The van der Waals surface area contributed by atoms with Gasteiger partial charge in [-0.25, -0.2) is 0 Å². The van der Waals surface area contributed by atoms with Crippen molar-refractivity contribution in [3.05, 3.63) is 0 Å². The van der Waals surface area contributed by atoms with Gasteiger partial charge in [-0.05, 0) is 57.7 Å². The summed E-state index contributed by atoms with van der Waals surface area (Å²) in [6.45, 7) is 6.59. The minimum atomic E-state index is 0.466. The highest BCUT2D eigenvalue weighted by Gasteiger charge is 2.31. The molecule has 3 aliphatic rings. The van der Waals surface area contributed by atoms with E-state index in [0.29, 0.717) is 6.04 Å². The highest BCUT2D eigenvalue weighted by molar-refractivity contribution is 4.88. The fraction of sp³-hybridized carbons (Fsp3) is 1.00. The Labute approximate surface area is 118 Å². The number of hydrogen-bond donors (Lipinski definition) is 1. The normalized spacial score (nSPS) is 38.7. The minimum Gasteiger partial charge on any atom is -0.327 e. The Kier molecular flexibility index (Phi) is 4.78. The van der Waals surface area contributed by atoms with Gasteiger partial charge >= 0.3 is 0 Å². The van der Waals surface area contributed by atoms with Gasteiger partial charge in [0.2, 0.25) is 0 Å². The van der Waals surface area contributed by atoms with Crippen LogP contribution in [0.5, 0.6) is 0 Å². The summed E-state index contributed by atoms with van der Waals surface area (Å²) in [4.78, 5) is 5.44. The van der Waals surface area contributed by atoms with Crippen LogP contribution >= 0.6 is 0 Å². The molecule has 3 nitrogen and oxygen atoms in total. The van der Waals surface area contributed by atoms with Crippen LogP contribution in [0.3, 0.4) is 0 Å². The largest absolute Gasteiger partial charge is 0.327 e. The zero-order valence-corrected chi connectivity index (χ0v) is 12.4. The smallest absolute Gasteiger partial charge is 0.0235 e. The van der Waals surface area contributed by atoms with Gasteiger partial charge < -0.3 is 10.6 Å². The standard InChI is InChI=1S/C16H31N3/c17-16-7-3-1-2-6-14(16)12-18-11-8-15(13-18)19-9-4-5-10-19/h14-16H,1-13,17H2. The molecule has 0 spiro atoms. The minimum absolute atomic E-state index is 0.466. The van der Waals surface area contributed by atoms with Gasteiger partial charge in [-0.3, -0.25) is 4.90 Å². The lowest BCUT2D eigenvalue weighted by atomic mass is 9.95. The number of nitrogens with two attached hydrogens (primary N) is 1. The molecule has 0 aromatic heterocycles. The van der Waals surface area contributed by atoms with Gasteiger partial charge in [-0.15, -0.1) is 0 Å². The van der Waals surface area contributed by atoms with E-state index >= 15 is 0 Å². The average Bonchev–Trinajstić information content (AvgIpc) is 3.03. The topological polar surface area (TPSA) is 32.5 Å². The van der Waals surface area contributed by atoms with Gasteiger partial charge in [0.1, 0.15) is 0 Å². The summed E-state index contributed by atoms with van der Waals surface area (Å²) in [5.41, 5.74) is 6.38. The number of likely N-dealkylation sites (tertiary alicyclic amines) is 2. The van der Waals surface area contributed by atoms with E-state index in [0.717, 1.165) is 12.0 Å². The van der Waals surface area contributed by atoms with E-state index in [9.17, 15) is 0 Å². The van der Waals surface area contributed by atoms with E-state index in [2.05, 4.69) is 9.80 Å². The first-order valence-electron chi connectivity index (χ1n) is 8.55. The fourth-order valence-electron chi connectivity index (χ4n) is 4.35. The molecule has 19 heavy (non-hydrogen) atoms. The van der Waals surface area contributed by atoms with Crippen molar-refractivity contribution >= 4 is 0 Å². The van der Waals surface area contributed by atoms with Gasteiger partial charge in [0.05, 0.1) is 0 Å². The molecule has 0 aromatic carbocycles. The molecule has 1 saturated carbocycles. The van der Waals surface area contributed by atoms with Crippen molar-refractivity contribution in [2.24, 2.45) is 11.7 Å². The highest BCUT2D eigenvalue weighted by Crippen LogP contribution is 2.26. The molecule has 2 heterocycles. The lowest BCUT2D eigenvalue weighted by molar-refractivity contribution is 0.206. The molecule has 3 rings (SSSR count). The molecule has 3 atom stereocenters. The van der Waals surface area contributed by atoms with Gasteiger partial charge in [0.15, 0.2) is 0 Å². The summed E-state index contributed by atoms with van der Waals surface area (Å²) in [6, 6.07) is 1.32. The second-order valence-corrected chi connectivity index (χ2v) is 7.01. The predicted octanol–water partition coefficient (Wildman–Crippen LogP) is 2.06. The number of nitrogens with zero attached hydrogens (tertiary/aromatic N) is 2. The second-order valence-electron chi connectivity index (χ2n) is 7.01.